The van der Waals surface area contributed by atoms with Crippen molar-refractivity contribution in [1.82, 2.24) is 15.5 Å². The van der Waals surface area contributed by atoms with E-state index in [1.807, 2.05) is 0 Å². The Kier molecular flexibility index (Phi) is 12.2. The largest absolute Gasteiger partial charge is 0.357 e. The summed E-state index contributed by atoms with van der Waals surface area (Å²) in [7, 11) is 0. The monoisotopic (exact) mass is 410 g/mol. The third-order valence-corrected chi connectivity index (χ3v) is 3.69. The molecule has 1 aromatic rings. The highest BCUT2D eigenvalue weighted by molar-refractivity contribution is 14.0. The van der Waals surface area contributed by atoms with Crippen molar-refractivity contribution in [2.24, 2.45) is 4.99 Å². The first-order valence-corrected chi connectivity index (χ1v) is 8.00. The summed E-state index contributed by atoms with van der Waals surface area (Å²) in [4.78, 5) is 6.99. The van der Waals surface area contributed by atoms with Crippen LogP contribution in [-0.2, 0) is 6.54 Å². The minimum atomic E-state index is 0. The quantitative estimate of drug-likeness (QED) is 0.393. The van der Waals surface area contributed by atoms with E-state index in [2.05, 4.69) is 58.1 Å². The number of aliphatic imine (C=N–C) groups is 1. The zero-order valence-corrected chi connectivity index (χ0v) is 15.8. The third kappa shape index (κ3) is 8.06. The van der Waals surface area contributed by atoms with Gasteiger partial charge >= 0.3 is 0 Å². The third-order valence-electron chi connectivity index (χ3n) is 2.96. The fraction of sp³-hybridized carbons (Fsp3) is 0.643. The molecule has 1 rings (SSSR count). The lowest BCUT2D eigenvalue weighted by molar-refractivity contribution is 0.308. The van der Waals surface area contributed by atoms with Crippen molar-refractivity contribution in [2.45, 2.75) is 27.3 Å². The Labute approximate surface area is 144 Å². The molecule has 2 N–H and O–H groups in total. The summed E-state index contributed by atoms with van der Waals surface area (Å²) in [6.07, 6.45) is 0. The predicted octanol–water partition coefficient (Wildman–Crippen LogP) is 2.76. The van der Waals surface area contributed by atoms with Crippen molar-refractivity contribution in [2.75, 3.05) is 32.7 Å². The van der Waals surface area contributed by atoms with Gasteiger partial charge in [-0.15, -0.1) is 24.0 Å². The molecule has 0 saturated heterocycles. The number of hydrogen-bond acceptors (Lipinski definition) is 3. The highest BCUT2D eigenvalue weighted by Crippen LogP contribution is 2.06. The maximum atomic E-state index is 4.59. The molecule has 0 unspecified atom stereocenters. The second-order valence-corrected chi connectivity index (χ2v) is 5.06. The molecule has 0 radical (unpaired) electrons. The molecule has 0 aliphatic rings. The summed E-state index contributed by atoms with van der Waals surface area (Å²) >= 11 is 1.72. The van der Waals surface area contributed by atoms with E-state index < -0.39 is 0 Å². The van der Waals surface area contributed by atoms with Gasteiger partial charge in [0.05, 0.1) is 6.54 Å². The van der Waals surface area contributed by atoms with Crippen LogP contribution in [0.15, 0.2) is 21.8 Å². The van der Waals surface area contributed by atoms with Crippen LogP contribution in [0.1, 0.15) is 26.3 Å². The van der Waals surface area contributed by atoms with Gasteiger partial charge in [0.25, 0.3) is 0 Å². The molecule has 0 bridgehead atoms. The molecule has 0 aliphatic carbocycles. The number of nitrogens with zero attached hydrogens (tertiary/aromatic N) is 2. The van der Waals surface area contributed by atoms with E-state index >= 15 is 0 Å². The molecule has 1 heterocycles. The summed E-state index contributed by atoms with van der Waals surface area (Å²) in [5, 5.41) is 10.9. The molecule has 0 aromatic carbocycles. The molecular weight excluding hydrogens is 383 g/mol. The van der Waals surface area contributed by atoms with Crippen LogP contribution in [0.2, 0.25) is 0 Å². The molecule has 4 nitrogen and oxygen atoms in total. The van der Waals surface area contributed by atoms with Gasteiger partial charge in [0.1, 0.15) is 0 Å². The Hall–Kier alpha value is -0.340. The van der Waals surface area contributed by atoms with Gasteiger partial charge in [0.2, 0.25) is 0 Å². The molecule has 20 heavy (non-hydrogen) atoms. The average molecular weight is 410 g/mol. The number of hydrogen-bond donors (Lipinski definition) is 2. The Bertz CT molecular complexity index is 350. The minimum Gasteiger partial charge on any atom is -0.357 e. The lowest BCUT2D eigenvalue weighted by Crippen LogP contribution is -2.41. The van der Waals surface area contributed by atoms with Gasteiger partial charge in [-0.25, -0.2) is 4.99 Å². The van der Waals surface area contributed by atoms with Crippen molar-refractivity contribution in [3.8, 4) is 0 Å². The second kappa shape index (κ2) is 12.4. The van der Waals surface area contributed by atoms with Gasteiger partial charge in [-0.05, 0) is 42.4 Å². The van der Waals surface area contributed by atoms with Crippen molar-refractivity contribution < 1.29 is 0 Å². The van der Waals surface area contributed by atoms with Gasteiger partial charge in [0, 0.05) is 19.6 Å². The average Bonchev–Trinajstić information content (AvgIpc) is 2.94. The zero-order valence-electron chi connectivity index (χ0n) is 12.7. The summed E-state index contributed by atoms with van der Waals surface area (Å²) in [6.45, 7) is 12.3. The summed E-state index contributed by atoms with van der Waals surface area (Å²) in [6, 6.07) is 2.12. The lowest BCUT2D eigenvalue weighted by Gasteiger charge is -2.19. The Morgan fingerprint density at radius 1 is 1.25 bits per heavy atom. The number of likely N-dealkylation sites (N-methyl/N-ethyl adjacent to an activating group) is 1. The Morgan fingerprint density at radius 3 is 2.55 bits per heavy atom. The number of rotatable bonds is 8. The van der Waals surface area contributed by atoms with E-state index in [0.717, 1.165) is 45.2 Å². The molecule has 1 aromatic heterocycles. The van der Waals surface area contributed by atoms with Crippen molar-refractivity contribution in [3.63, 3.8) is 0 Å². The standard InChI is InChI=1S/C14H26N4S.HI/c1-4-15-14(16-8-9-18(5-2)6-3)17-11-13-7-10-19-12-13;/h7,10,12H,4-6,8-9,11H2,1-3H3,(H2,15,16,17);1H. The van der Waals surface area contributed by atoms with Gasteiger partial charge in [-0.1, -0.05) is 13.8 Å². The van der Waals surface area contributed by atoms with Crippen LogP contribution in [-0.4, -0.2) is 43.6 Å². The minimum absolute atomic E-state index is 0. The van der Waals surface area contributed by atoms with Crippen LogP contribution in [0.5, 0.6) is 0 Å². The highest BCUT2D eigenvalue weighted by atomic mass is 127. The molecule has 0 fully saturated rings. The van der Waals surface area contributed by atoms with Crippen LogP contribution in [0.4, 0.5) is 0 Å². The van der Waals surface area contributed by atoms with E-state index in [4.69, 9.17) is 0 Å². The topological polar surface area (TPSA) is 39.7 Å². The molecular formula is C14H27IN4S. The van der Waals surface area contributed by atoms with Gasteiger partial charge in [-0.2, -0.15) is 11.3 Å². The van der Waals surface area contributed by atoms with Crippen molar-refractivity contribution >= 4 is 41.3 Å². The SMILES string of the molecule is CCNC(=NCc1ccsc1)NCCN(CC)CC.I. The Balaban J connectivity index is 0.00000361. The summed E-state index contributed by atoms with van der Waals surface area (Å²) < 4.78 is 0. The lowest BCUT2D eigenvalue weighted by atomic mass is 10.3. The van der Waals surface area contributed by atoms with Gasteiger partial charge < -0.3 is 15.5 Å². The van der Waals surface area contributed by atoms with Gasteiger partial charge in [0.15, 0.2) is 5.96 Å². The molecule has 0 saturated carbocycles. The smallest absolute Gasteiger partial charge is 0.191 e. The number of thiophene rings is 1. The van der Waals surface area contributed by atoms with E-state index in [1.54, 1.807) is 11.3 Å². The molecule has 0 aliphatic heterocycles. The summed E-state index contributed by atoms with van der Waals surface area (Å²) in [5.74, 6) is 0.904. The molecule has 0 spiro atoms. The second-order valence-electron chi connectivity index (χ2n) is 4.28. The predicted molar refractivity (Wildman–Crippen MR) is 100 cm³/mol. The van der Waals surface area contributed by atoms with Gasteiger partial charge in [-0.3, -0.25) is 0 Å². The number of guanidine groups is 1. The van der Waals surface area contributed by atoms with E-state index in [0.29, 0.717) is 0 Å². The molecule has 6 heteroatoms. The maximum Gasteiger partial charge on any atom is 0.191 e. The zero-order chi connectivity index (χ0) is 13.9. The first-order chi connectivity index (χ1) is 9.30. The normalized spacial score (nSPS) is 11.3. The fourth-order valence-corrected chi connectivity index (χ4v) is 2.43. The Morgan fingerprint density at radius 2 is 2.00 bits per heavy atom. The summed E-state index contributed by atoms with van der Waals surface area (Å²) in [5.41, 5.74) is 1.27. The van der Waals surface area contributed by atoms with Crippen LogP contribution in [0.25, 0.3) is 0 Å². The van der Waals surface area contributed by atoms with E-state index in [9.17, 15) is 0 Å². The van der Waals surface area contributed by atoms with Crippen LogP contribution in [0, 0.1) is 0 Å². The molecule has 0 amide bonds. The first kappa shape index (κ1) is 19.7. The van der Waals surface area contributed by atoms with E-state index in [1.165, 1.54) is 5.56 Å². The highest BCUT2D eigenvalue weighted by Gasteiger charge is 2.00. The number of nitrogens with one attached hydrogen (secondary N) is 2. The van der Waals surface area contributed by atoms with E-state index in [-0.39, 0.29) is 24.0 Å². The van der Waals surface area contributed by atoms with Crippen molar-refractivity contribution in [1.29, 1.82) is 0 Å². The van der Waals surface area contributed by atoms with Crippen LogP contribution in [0.3, 0.4) is 0 Å². The molecule has 116 valence electrons. The number of halogens is 1. The van der Waals surface area contributed by atoms with Crippen LogP contribution >= 0.6 is 35.3 Å². The van der Waals surface area contributed by atoms with Crippen molar-refractivity contribution in [3.05, 3.63) is 22.4 Å². The molecule has 0 atom stereocenters. The van der Waals surface area contributed by atoms with Crippen LogP contribution < -0.4 is 10.6 Å². The first-order valence-electron chi connectivity index (χ1n) is 7.05. The fourth-order valence-electron chi connectivity index (χ4n) is 1.77. The maximum absolute atomic E-state index is 4.59.